The quantitative estimate of drug-likeness (QED) is 0.457. The highest BCUT2D eigenvalue weighted by atomic mass is 28.4. The van der Waals surface area contributed by atoms with Gasteiger partial charge in [-0.3, -0.25) is 0 Å². The van der Waals surface area contributed by atoms with Crippen molar-refractivity contribution in [2.24, 2.45) is 0 Å². The van der Waals surface area contributed by atoms with E-state index in [1.807, 2.05) is 6.08 Å². The van der Waals surface area contributed by atoms with Crippen LogP contribution >= 0.6 is 0 Å². The Balaban J connectivity index is 3.86. The van der Waals surface area contributed by atoms with Gasteiger partial charge in [0.15, 0.2) is 8.32 Å². The first-order valence-electron chi connectivity index (χ1n) is 4.29. The zero-order valence-electron chi connectivity index (χ0n) is 8.18. The van der Waals surface area contributed by atoms with Gasteiger partial charge in [-0.1, -0.05) is 26.3 Å². The van der Waals surface area contributed by atoms with Crippen molar-refractivity contribution in [3.8, 4) is 0 Å². The van der Waals surface area contributed by atoms with Crippen molar-refractivity contribution in [2.75, 3.05) is 6.61 Å². The lowest BCUT2D eigenvalue weighted by Crippen LogP contribution is -2.35. The molecule has 0 rings (SSSR count). The summed E-state index contributed by atoms with van der Waals surface area (Å²) in [7, 11) is -1.40. The third-order valence-corrected chi connectivity index (χ3v) is 6.06. The summed E-state index contributed by atoms with van der Waals surface area (Å²) in [6.45, 7) is 13.4. The first kappa shape index (κ1) is 10.9. The van der Waals surface area contributed by atoms with E-state index in [4.69, 9.17) is 4.43 Å². The van der Waals surface area contributed by atoms with Crippen LogP contribution in [0, 0.1) is 0 Å². The summed E-state index contributed by atoms with van der Waals surface area (Å²) in [5.74, 6) is 0. The second kappa shape index (κ2) is 4.73. The van der Waals surface area contributed by atoms with E-state index in [0.717, 1.165) is 5.54 Å². The molecule has 66 valence electrons. The van der Waals surface area contributed by atoms with Gasteiger partial charge in [0.2, 0.25) is 0 Å². The molecule has 0 spiro atoms. The molecule has 0 fully saturated rings. The Kier molecular flexibility index (Phi) is 4.69. The van der Waals surface area contributed by atoms with Crippen molar-refractivity contribution in [2.45, 2.75) is 38.9 Å². The maximum atomic E-state index is 5.75. The molecule has 1 atom stereocenters. The van der Waals surface area contributed by atoms with Crippen LogP contribution in [0.2, 0.25) is 18.6 Å². The average molecular weight is 172 g/mol. The molecule has 0 aliphatic carbocycles. The third kappa shape index (κ3) is 3.73. The van der Waals surface area contributed by atoms with E-state index < -0.39 is 8.32 Å². The lowest BCUT2D eigenvalue weighted by molar-refractivity contribution is 0.341. The van der Waals surface area contributed by atoms with E-state index >= 15 is 0 Å². The van der Waals surface area contributed by atoms with Gasteiger partial charge in [0, 0.05) is 0 Å². The van der Waals surface area contributed by atoms with Crippen molar-refractivity contribution in [1.29, 1.82) is 0 Å². The van der Waals surface area contributed by atoms with E-state index in [2.05, 4.69) is 33.5 Å². The minimum Gasteiger partial charge on any atom is -0.413 e. The molecule has 0 heterocycles. The molecule has 0 aliphatic heterocycles. The Morgan fingerprint density at radius 2 is 2.09 bits per heavy atom. The average Bonchev–Trinajstić information content (AvgIpc) is 1.99. The first-order chi connectivity index (χ1) is 5.04. The zero-order valence-corrected chi connectivity index (χ0v) is 9.18. The molecule has 0 amide bonds. The predicted octanol–water partition coefficient (Wildman–Crippen LogP) is 3.19. The summed E-state index contributed by atoms with van der Waals surface area (Å²) in [6, 6.07) is 0. The summed E-state index contributed by atoms with van der Waals surface area (Å²) in [4.78, 5) is 0. The SMILES string of the molecule is C=CCO[Si](C)(C)C(C)CC. The molecule has 0 aromatic rings. The van der Waals surface area contributed by atoms with Crippen molar-refractivity contribution >= 4 is 8.32 Å². The van der Waals surface area contributed by atoms with Crippen LogP contribution in [-0.4, -0.2) is 14.9 Å². The molecule has 0 aliphatic rings. The highest BCUT2D eigenvalue weighted by Gasteiger charge is 2.28. The van der Waals surface area contributed by atoms with Gasteiger partial charge in [0.1, 0.15) is 0 Å². The number of rotatable bonds is 5. The number of hydrogen-bond acceptors (Lipinski definition) is 1. The van der Waals surface area contributed by atoms with Crippen LogP contribution in [0.1, 0.15) is 20.3 Å². The van der Waals surface area contributed by atoms with Crippen LogP contribution < -0.4 is 0 Å². The molecular formula is C9H20OSi. The zero-order chi connectivity index (χ0) is 8.91. The third-order valence-electron chi connectivity index (χ3n) is 2.37. The molecule has 0 saturated heterocycles. The fraction of sp³-hybridized carbons (Fsp3) is 0.778. The largest absolute Gasteiger partial charge is 0.413 e. The highest BCUT2D eigenvalue weighted by Crippen LogP contribution is 2.25. The van der Waals surface area contributed by atoms with Crippen LogP contribution in [-0.2, 0) is 4.43 Å². The van der Waals surface area contributed by atoms with E-state index in [1.54, 1.807) is 0 Å². The van der Waals surface area contributed by atoms with Crippen LogP contribution in [0.4, 0.5) is 0 Å². The topological polar surface area (TPSA) is 9.23 Å². The minimum absolute atomic E-state index is 0.712. The Morgan fingerprint density at radius 1 is 1.55 bits per heavy atom. The Morgan fingerprint density at radius 3 is 2.45 bits per heavy atom. The second-order valence-corrected chi connectivity index (χ2v) is 7.99. The summed E-state index contributed by atoms with van der Waals surface area (Å²) >= 11 is 0. The lowest BCUT2D eigenvalue weighted by Gasteiger charge is -2.28. The molecule has 0 bridgehead atoms. The highest BCUT2D eigenvalue weighted by molar-refractivity contribution is 6.72. The van der Waals surface area contributed by atoms with Crippen LogP contribution in [0.3, 0.4) is 0 Å². The van der Waals surface area contributed by atoms with E-state index in [9.17, 15) is 0 Å². The van der Waals surface area contributed by atoms with E-state index in [-0.39, 0.29) is 0 Å². The summed E-state index contributed by atoms with van der Waals surface area (Å²) < 4.78 is 5.75. The standard InChI is InChI=1S/C9H20OSi/c1-6-8-10-11(4,5)9(3)7-2/h6,9H,1,7-8H2,2-5H3. The normalized spacial score (nSPS) is 14.5. The van der Waals surface area contributed by atoms with Crippen molar-refractivity contribution < 1.29 is 4.43 Å². The predicted molar refractivity (Wildman–Crippen MR) is 53.3 cm³/mol. The molecule has 1 nitrogen and oxygen atoms in total. The van der Waals surface area contributed by atoms with E-state index in [1.165, 1.54) is 6.42 Å². The molecule has 0 aromatic heterocycles. The maximum Gasteiger partial charge on any atom is 0.189 e. The van der Waals surface area contributed by atoms with Gasteiger partial charge < -0.3 is 4.43 Å². The summed E-state index contributed by atoms with van der Waals surface area (Å²) in [6.07, 6.45) is 3.05. The molecule has 0 N–H and O–H groups in total. The van der Waals surface area contributed by atoms with Crippen molar-refractivity contribution in [1.82, 2.24) is 0 Å². The Labute approximate surface area is 71.6 Å². The molecule has 2 heteroatoms. The Bertz CT molecular complexity index is 121. The lowest BCUT2D eigenvalue weighted by atomic mass is 10.4. The van der Waals surface area contributed by atoms with Crippen LogP contribution in [0.5, 0.6) is 0 Å². The molecule has 0 saturated carbocycles. The fourth-order valence-electron chi connectivity index (χ4n) is 0.908. The molecular weight excluding hydrogens is 152 g/mol. The molecule has 0 aromatic carbocycles. The van der Waals surface area contributed by atoms with Gasteiger partial charge in [-0.15, -0.1) is 6.58 Å². The smallest absolute Gasteiger partial charge is 0.189 e. The monoisotopic (exact) mass is 172 g/mol. The van der Waals surface area contributed by atoms with Crippen LogP contribution in [0.25, 0.3) is 0 Å². The van der Waals surface area contributed by atoms with Gasteiger partial charge >= 0.3 is 0 Å². The molecule has 1 unspecified atom stereocenters. The second-order valence-electron chi connectivity index (χ2n) is 3.51. The Hall–Kier alpha value is -0.0831. The van der Waals surface area contributed by atoms with Gasteiger partial charge in [-0.05, 0) is 18.6 Å². The molecule has 0 radical (unpaired) electrons. The van der Waals surface area contributed by atoms with Crippen molar-refractivity contribution in [3.05, 3.63) is 12.7 Å². The minimum atomic E-state index is -1.40. The van der Waals surface area contributed by atoms with E-state index in [0.29, 0.717) is 6.61 Å². The summed E-state index contributed by atoms with van der Waals surface area (Å²) in [5.41, 5.74) is 0.738. The summed E-state index contributed by atoms with van der Waals surface area (Å²) in [5, 5.41) is 0. The van der Waals surface area contributed by atoms with Gasteiger partial charge in [0.05, 0.1) is 6.61 Å². The first-order valence-corrected chi connectivity index (χ1v) is 7.28. The fourth-order valence-corrected chi connectivity index (χ4v) is 2.72. The maximum absolute atomic E-state index is 5.75. The van der Waals surface area contributed by atoms with Crippen molar-refractivity contribution in [3.63, 3.8) is 0 Å². The number of hydrogen-bond donors (Lipinski definition) is 0. The van der Waals surface area contributed by atoms with Gasteiger partial charge in [0.25, 0.3) is 0 Å². The van der Waals surface area contributed by atoms with Gasteiger partial charge in [-0.25, -0.2) is 0 Å². The van der Waals surface area contributed by atoms with Crippen LogP contribution in [0.15, 0.2) is 12.7 Å². The molecule has 11 heavy (non-hydrogen) atoms. The van der Waals surface area contributed by atoms with Gasteiger partial charge in [-0.2, -0.15) is 0 Å².